The molecule has 19 heavy (non-hydrogen) atoms. The summed E-state index contributed by atoms with van der Waals surface area (Å²) in [4.78, 5) is 4.16. The summed E-state index contributed by atoms with van der Waals surface area (Å²) in [6.07, 6.45) is 12.0. The Labute approximate surface area is 114 Å². The second kappa shape index (κ2) is 5.57. The van der Waals surface area contributed by atoms with Gasteiger partial charge in [-0.25, -0.2) is 0 Å². The molecule has 1 fully saturated rings. The van der Waals surface area contributed by atoms with Crippen molar-refractivity contribution in [2.24, 2.45) is 5.92 Å². The van der Waals surface area contributed by atoms with Gasteiger partial charge < -0.3 is 9.88 Å². The maximum Gasteiger partial charge on any atom is 0.0361 e. The number of pyridine rings is 1. The minimum atomic E-state index is 0.541. The van der Waals surface area contributed by atoms with Crippen LogP contribution in [0.1, 0.15) is 30.0 Å². The van der Waals surface area contributed by atoms with Crippen molar-refractivity contribution >= 4 is 0 Å². The Bertz CT molecular complexity index is 514. The first kappa shape index (κ1) is 12.4. The summed E-state index contributed by atoms with van der Waals surface area (Å²) in [5.41, 5.74) is 2.72. The number of rotatable bonds is 6. The van der Waals surface area contributed by atoms with E-state index in [0.29, 0.717) is 6.04 Å². The van der Waals surface area contributed by atoms with Crippen molar-refractivity contribution in [1.82, 2.24) is 14.9 Å². The van der Waals surface area contributed by atoms with E-state index in [0.717, 1.165) is 18.9 Å². The lowest BCUT2D eigenvalue weighted by atomic mass is 10.1. The van der Waals surface area contributed by atoms with Crippen LogP contribution in [0.25, 0.3) is 0 Å². The first-order valence-corrected chi connectivity index (χ1v) is 7.08. The molecule has 3 heteroatoms. The zero-order valence-electron chi connectivity index (χ0n) is 11.4. The third-order valence-electron chi connectivity index (χ3n) is 3.92. The number of aryl methyl sites for hydroxylation is 2. The lowest BCUT2D eigenvalue weighted by Crippen LogP contribution is -2.17. The average Bonchev–Trinajstić information content (AvgIpc) is 3.17. The molecule has 0 aliphatic heterocycles. The van der Waals surface area contributed by atoms with Crippen molar-refractivity contribution in [1.29, 1.82) is 0 Å². The summed E-state index contributed by atoms with van der Waals surface area (Å²) >= 11 is 0. The molecule has 2 aromatic rings. The molecule has 3 nitrogen and oxygen atoms in total. The van der Waals surface area contributed by atoms with Gasteiger partial charge in [0.15, 0.2) is 0 Å². The first-order valence-electron chi connectivity index (χ1n) is 7.08. The summed E-state index contributed by atoms with van der Waals surface area (Å²) in [6, 6.07) is 6.93. The number of aromatic nitrogens is 2. The summed E-state index contributed by atoms with van der Waals surface area (Å²) in [5, 5.41) is 3.44. The Hall–Kier alpha value is -1.61. The van der Waals surface area contributed by atoms with Crippen molar-refractivity contribution < 1.29 is 0 Å². The predicted molar refractivity (Wildman–Crippen MR) is 76.9 cm³/mol. The highest BCUT2D eigenvalue weighted by molar-refractivity contribution is 5.18. The zero-order chi connectivity index (χ0) is 13.1. The Kier molecular flexibility index (Phi) is 3.65. The van der Waals surface area contributed by atoms with E-state index in [1.807, 2.05) is 18.5 Å². The van der Waals surface area contributed by atoms with E-state index in [9.17, 15) is 0 Å². The van der Waals surface area contributed by atoms with Crippen LogP contribution >= 0.6 is 0 Å². The molecular formula is C16H21N3. The Morgan fingerprint density at radius 3 is 3.00 bits per heavy atom. The Balaban J connectivity index is 1.61. The largest absolute Gasteiger partial charge is 0.354 e. The molecule has 1 N–H and O–H groups in total. The van der Waals surface area contributed by atoms with Crippen LogP contribution in [0.3, 0.4) is 0 Å². The highest BCUT2D eigenvalue weighted by Gasteiger charge is 2.31. The molecule has 1 aliphatic rings. The van der Waals surface area contributed by atoms with E-state index in [-0.39, 0.29) is 0 Å². The van der Waals surface area contributed by atoms with Crippen molar-refractivity contribution in [2.45, 2.75) is 31.8 Å². The molecule has 2 heterocycles. The van der Waals surface area contributed by atoms with E-state index >= 15 is 0 Å². The van der Waals surface area contributed by atoms with Crippen molar-refractivity contribution in [3.05, 3.63) is 54.1 Å². The molecule has 0 aromatic carbocycles. The molecule has 1 atom stereocenters. The highest BCUT2D eigenvalue weighted by Crippen LogP contribution is 2.40. The Morgan fingerprint density at radius 1 is 1.42 bits per heavy atom. The molecule has 1 aliphatic carbocycles. The fourth-order valence-electron chi connectivity index (χ4n) is 2.69. The SMILES string of the molecule is CNC(c1ccn(CCc2cccnc2)c1)C1CC1. The van der Waals surface area contributed by atoms with Crippen LogP contribution in [0, 0.1) is 5.92 Å². The molecule has 0 bridgehead atoms. The van der Waals surface area contributed by atoms with Gasteiger partial charge in [0.05, 0.1) is 0 Å². The van der Waals surface area contributed by atoms with E-state index < -0.39 is 0 Å². The van der Waals surface area contributed by atoms with Gasteiger partial charge in [-0.2, -0.15) is 0 Å². The van der Waals surface area contributed by atoms with Gasteiger partial charge >= 0.3 is 0 Å². The summed E-state index contributed by atoms with van der Waals surface area (Å²) in [5.74, 6) is 0.846. The number of nitrogens with one attached hydrogen (secondary N) is 1. The van der Waals surface area contributed by atoms with Crippen LogP contribution in [-0.4, -0.2) is 16.6 Å². The van der Waals surface area contributed by atoms with Crippen molar-refractivity contribution in [3.8, 4) is 0 Å². The number of nitrogens with zero attached hydrogens (tertiary/aromatic N) is 2. The molecule has 0 saturated heterocycles. The second-order valence-corrected chi connectivity index (χ2v) is 5.40. The van der Waals surface area contributed by atoms with Gasteiger partial charge in [-0.1, -0.05) is 6.07 Å². The van der Waals surface area contributed by atoms with Crippen LogP contribution < -0.4 is 5.32 Å². The normalized spacial score (nSPS) is 16.5. The molecule has 0 amide bonds. The monoisotopic (exact) mass is 255 g/mol. The summed E-state index contributed by atoms with van der Waals surface area (Å²) < 4.78 is 2.29. The first-order chi connectivity index (χ1) is 9.36. The van der Waals surface area contributed by atoms with E-state index in [2.05, 4.69) is 46.4 Å². The lowest BCUT2D eigenvalue weighted by Gasteiger charge is -2.13. The molecule has 3 rings (SSSR count). The van der Waals surface area contributed by atoms with Crippen molar-refractivity contribution in [2.75, 3.05) is 7.05 Å². The molecule has 1 saturated carbocycles. The van der Waals surface area contributed by atoms with Crippen LogP contribution in [0.2, 0.25) is 0 Å². The van der Waals surface area contributed by atoms with Crippen LogP contribution in [0.15, 0.2) is 43.0 Å². The van der Waals surface area contributed by atoms with Gasteiger partial charge in [0.1, 0.15) is 0 Å². The molecule has 100 valence electrons. The third kappa shape index (κ3) is 3.04. The van der Waals surface area contributed by atoms with Gasteiger partial charge in [0, 0.05) is 37.4 Å². The molecule has 2 aromatic heterocycles. The van der Waals surface area contributed by atoms with E-state index in [1.54, 1.807) is 0 Å². The quantitative estimate of drug-likeness (QED) is 0.860. The van der Waals surface area contributed by atoms with Gasteiger partial charge in [-0.3, -0.25) is 4.98 Å². The standard InChI is InChI=1S/C16H21N3/c1-17-16(14-4-5-14)15-7-10-19(12-15)9-6-13-3-2-8-18-11-13/h2-3,7-8,10-12,14,16-17H,4-6,9H2,1H3. The molecule has 0 radical (unpaired) electrons. The molecule has 1 unspecified atom stereocenters. The van der Waals surface area contributed by atoms with Crippen LogP contribution in [-0.2, 0) is 13.0 Å². The smallest absolute Gasteiger partial charge is 0.0361 e. The van der Waals surface area contributed by atoms with Crippen molar-refractivity contribution in [3.63, 3.8) is 0 Å². The second-order valence-electron chi connectivity index (χ2n) is 5.40. The van der Waals surface area contributed by atoms with Crippen LogP contribution in [0.4, 0.5) is 0 Å². The number of hydrogen-bond acceptors (Lipinski definition) is 2. The highest BCUT2D eigenvalue weighted by atomic mass is 15.0. The maximum absolute atomic E-state index is 4.16. The third-order valence-corrected chi connectivity index (χ3v) is 3.92. The van der Waals surface area contributed by atoms with Gasteiger partial charge in [-0.15, -0.1) is 0 Å². The van der Waals surface area contributed by atoms with Gasteiger partial charge in [0.25, 0.3) is 0 Å². The summed E-state index contributed by atoms with van der Waals surface area (Å²) in [6.45, 7) is 1.02. The van der Waals surface area contributed by atoms with Gasteiger partial charge in [-0.05, 0) is 55.5 Å². The number of hydrogen-bond donors (Lipinski definition) is 1. The summed E-state index contributed by atoms with van der Waals surface area (Å²) in [7, 11) is 2.07. The fraction of sp³-hybridized carbons (Fsp3) is 0.438. The lowest BCUT2D eigenvalue weighted by molar-refractivity contribution is 0.527. The topological polar surface area (TPSA) is 29.9 Å². The van der Waals surface area contributed by atoms with E-state index in [4.69, 9.17) is 0 Å². The van der Waals surface area contributed by atoms with Gasteiger partial charge in [0.2, 0.25) is 0 Å². The Morgan fingerprint density at radius 2 is 2.32 bits per heavy atom. The van der Waals surface area contributed by atoms with E-state index in [1.165, 1.54) is 24.0 Å². The predicted octanol–water partition coefficient (Wildman–Crippen LogP) is 2.80. The average molecular weight is 255 g/mol. The maximum atomic E-state index is 4.16. The zero-order valence-corrected chi connectivity index (χ0v) is 11.4. The molecule has 0 spiro atoms. The van der Waals surface area contributed by atoms with Crippen LogP contribution in [0.5, 0.6) is 0 Å². The minimum absolute atomic E-state index is 0.541. The fourth-order valence-corrected chi connectivity index (χ4v) is 2.69. The minimum Gasteiger partial charge on any atom is -0.354 e. The molecular weight excluding hydrogens is 234 g/mol.